The Hall–Kier alpha value is -3.48. The summed E-state index contributed by atoms with van der Waals surface area (Å²) in [6, 6.07) is 12.6. The maximum Gasteiger partial charge on any atom is 0.261 e. The van der Waals surface area contributed by atoms with Crippen LogP contribution in [-0.4, -0.2) is 23.8 Å². The Bertz CT molecular complexity index is 939. The molecule has 138 valence electrons. The molecule has 7 nitrogen and oxygen atoms in total. The van der Waals surface area contributed by atoms with Crippen LogP contribution < -0.4 is 19.5 Å². The van der Waals surface area contributed by atoms with Crippen molar-refractivity contribution >= 4 is 5.91 Å². The minimum absolute atomic E-state index is 0.195. The second-order valence-electron chi connectivity index (χ2n) is 6.02. The molecule has 27 heavy (non-hydrogen) atoms. The molecule has 1 aromatic carbocycles. The lowest BCUT2D eigenvalue weighted by molar-refractivity contribution is -0.127. The summed E-state index contributed by atoms with van der Waals surface area (Å²) in [5, 5.41) is 2.87. The van der Waals surface area contributed by atoms with E-state index in [1.54, 1.807) is 43.6 Å². The lowest BCUT2D eigenvalue weighted by atomic mass is 10.2. The van der Waals surface area contributed by atoms with Gasteiger partial charge in [-0.15, -0.1) is 0 Å². The third-order valence-electron chi connectivity index (χ3n) is 4.09. The van der Waals surface area contributed by atoms with Crippen molar-refractivity contribution in [1.82, 2.24) is 10.3 Å². The molecular weight excluding hydrogens is 348 g/mol. The van der Waals surface area contributed by atoms with Crippen molar-refractivity contribution in [2.75, 3.05) is 6.79 Å². The smallest absolute Gasteiger partial charge is 0.261 e. The van der Waals surface area contributed by atoms with Crippen molar-refractivity contribution in [1.29, 1.82) is 0 Å². The van der Waals surface area contributed by atoms with Gasteiger partial charge in [0.25, 0.3) is 5.91 Å². The van der Waals surface area contributed by atoms with Crippen molar-refractivity contribution in [2.45, 2.75) is 19.6 Å². The summed E-state index contributed by atoms with van der Waals surface area (Å²) >= 11 is 0. The van der Waals surface area contributed by atoms with Gasteiger partial charge in [0.15, 0.2) is 23.4 Å². The van der Waals surface area contributed by atoms with Crippen molar-refractivity contribution in [2.24, 2.45) is 0 Å². The summed E-state index contributed by atoms with van der Waals surface area (Å²) in [7, 11) is 0. The highest BCUT2D eigenvalue weighted by Crippen LogP contribution is 2.35. The second-order valence-corrected chi connectivity index (χ2v) is 6.02. The SMILES string of the molecule is C[C@H](Oc1ccc2c(c1)OCO2)C(=O)NCc1ccnc(-c2ccco2)c1. The number of carbonyl (C=O) groups excluding carboxylic acids is 1. The van der Waals surface area contributed by atoms with Crippen LogP contribution in [-0.2, 0) is 11.3 Å². The number of hydrogen-bond acceptors (Lipinski definition) is 6. The molecule has 0 unspecified atom stereocenters. The highest BCUT2D eigenvalue weighted by Gasteiger charge is 2.18. The van der Waals surface area contributed by atoms with E-state index in [1.807, 2.05) is 18.2 Å². The fourth-order valence-corrected chi connectivity index (χ4v) is 2.68. The number of furan rings is 1. The molecule has 1 atom stereocenters. The van der Waals surface area contributed by atoms with Gasteiger partial charge in [-0.2, -0.15) is 0 Å². The number of nitrogens with zero attached hydrogens (tertiary/aromatic N) is 1. The van der Waals surface area contributed by atoms with Crippen LogP contribution in [0.5, 0.6) is 17.2 Å². The lowest BCUT2D eigenvalue weighted by Crippen LogP contribution is -2.35. The van der Waals surface area contributed by atoms with Gasteiger partial charge in [0.05, 0.1) is 6.26 Å². The Morgan fingerprint density at radius 3 is 2.96 bits per heavy atom. The standard InChI is InChI=1S/C20H18N2O5/c1-13(27-15-4-5-18-19(10-15)26-12-25-18)20(23)22-11-14-6-7-21-16(9-14)17-3-2-8-24-17/h2-10,13H,11-12H2,1H3,(H,22,23)/t13-/m0/s1. The molecule has 0 spiro atoms. The minimum Gasteiger partial charge on any atom is -0.481 e. The van der Waals surface area contributed by atoms with E-state index >= 15 is 0 Å². The zero-order valence-corrected chi connectivity index (χ0v) is 14.7. The number of pyridine rings is 1. The van der Waals surface area contributed by atoms with Crippen LogP contribution in [0, 0.1) is 0 Å². The molecule has 0 radical (unpaired) electrons. The predicted octanol–water partition coefficient (Wildman–Crippen LogP) is 3.15. The van der Waals surface area contributed by atoms with Crippen LogP contribution in [0.1, 0.15) is 12.5 Å². The number of nitrogens with one attached hydrogen (secondary N) is 1. The van der Waals surface area contributed by atoms with E-state index in [0.717, 1.165) is 11.3 Å². The van der Waals surface area contributed by atoms with Crippen molar-refractivity contribution in [3.8, 4) is 28.7 Å². The third kappa shape index (κ3) is 3.87. The van der Waals surface area contributed by atoms with Gasteiger partial charge >= 0.3 is 0 Å². The Morgan fingerprint density at radius 1 is 1.22 bits per heavy atom. The van der Waals surface area contributed by atoms with Gasteiger partial charge in [-0.05, 0) is 48.9 Å². The molecule has 3 heterocycles. The van der Waals surface area contributed by atoms with E-state index in [1.165, 1.54) is 0 Å². The summed E-state index contributed by atoms with van der Waals surface area (Å²) in [4.78, 5) is 16.6. The Morgan fingerprint density at radius 2 is 2.11 bits per heavy atom. The van der Waals surface area contributed by atoms with Crippen molar-refractivity contribution < 1.29 is 23.4 Å². The van der Waals surface area contributed by atoms with Gasteiger partial charge in [0, 0.05) is 18.8 Å². The Kier molecular flexibility index (Phi) is 4.65. The number of rotatable bonds is 6. The molecule has 1 aliphatic heterocycles. The molecule has 7 heteroatoms. The molecule has 0 fully saturated rings. The van der Waals surface area contributed by atoms with Gasteiger partial charge < -0.3 is 23.9 Å². The summed E-state index contributed by atoms with van der Waals surface area (Å²) in [6.07, 6.45) is 2.63. The molecule has 4 rings (SSSR count). The quantitative estimate of drug-likeness (QED) is 0.722. The highest BCUT2D eigenvalue weighted by molar-refractivity contribution is 5.80. The number of hydrogen-bond donors (Lipinski definition) is 1. The summed E-state index contributed by atoms with van der Waals surface area (Å²) in [6.45, 7) is 2.26. The van der Waals surface area contributed by atoms with Gasteiger partial charge in [0.2, 0.25) is 6.79 Å². The van der Waals surface area contributed by atoms with E-state index in [2.05, 4.69) is 10.3 Å². The van der Waals surface area contributed by atoms with Crippen LogP contribution in [0.3, 0.4) is 0 Å². The average molecular weight is 366 g/mol. The number of fused-ring (bicyclic) bond motifs is 1. The molecular formula is C20H18N2O5. The molecule has 1 amide bonds. The Labute approximate surface area is 155 Å². The first-order chi connectivity index (χ1) is 13.2. The summed E-state index contributed by atoms with van der Waals surface area (Å²) in [5.74, 6) is 2.30. The number of ether oxygens (including phenoxy) is 3. The monoisotopic (exact) mass is 366 g/mol. The predicted molar refractivity (Wildman–Crippen MR) is 96.4 cm³/mol. The minimum atomic E-state index is -0.656. The Balaban J connectivity index is 1.34. The molecule has 0 saturated heterocycles. The molecule has 1 aliphatic rings. The van der Waals surface area contributed by atoms with E-state index < -0.39 is 6.10 Å². The van der Waals surface area contributed by atoms with Gasteiger partial charge in [-0.3, -0.25) is 9.78 Å². The third-order valence-corrected chi connectivity index (χ3v) is 4.09. The number of benzene rings is 1. The van der Waals surface area contributed by atoms with E-state index in [4.69, 9.17) is 18.6 Å². The van der Waals surface area contributed by atoms with Crippen LogP contribution >= 0.6 is 0 Å². The van der Waals surface area contributed by atoms with Crippen LogP contribution in [0.4, 0.5) is 0 Å². The van der Waals surface area contributed by atoms with Crippen molar-refractivity contribution in [3.05, 3.63) is 60.5 Å². The van der Waals surface area contributed by atoms with Crippen LogP contribution in [0.25, 0.3) is 11.5 Å². The molecule has 2 aromatic heterocycles. The first kappa shape index (κ1) is 17.0. The maximum absolute atomic E-state index is 12.3. The molecule has 3 aromatic rings. The topological polar surface area (TPSA) is 82.8 Å². The summed E-state index contributed by atoms with van der Waals surface area (Å²) < 4.78 is 21.6. The average Bonchev–Trinajstić information content (AvgIpc) is 3.37. The van der Waals surface area contributed by atoms with E-state index in [-0.39, 0.29) is 12.7 Å². The largest absolute Gasteiger partial charge is 0.481 e. The van der Waals surface area contributed by atoms with Crippen LogP contribution in [0.2, 0.25) is 0 Å². The normalized spacial score (nSPS) is 13.2. The fourth-order valence-electron chi connectivity index (χ4n) is 2.68. The van der Waals surface area contributed by atoms with E-state index in [9.17, 15) is 4.79 Å². The maximum atomic E-state index is 12.3. The highest BCUT2D eigenvalue weighted by atomic mass is 16.7. The van der Waals surface area contributed by atoms with E-state index in [0.29, 0.717) is 29.6 Å². The van der Waals surface area contributed by atoms with Gasteiger partial charge in [-0.25, -0.2) is 0 Å². The summed E-state index contributed by atoms with van der Waals surface area (Å²) in [5.41, 5.74) is 1.64. The van der Waals surface area contributed by atoms with Crippen molar-refractivity contribution in [3.63, 3.8) is 0 Å². The zero-order chi connectivity index (χ0) is 18.6. The van der Waals surface area contributed by atoms with Gasteiger partial charge in [-0.1, -0.05) is 0 Å². The molecule has 0 saturated carbocycles. The van der Waals surface area contributed by atoms with Crippen LogP contribution in [0.15, 0.2) is 59.3 Å². The molecule has 0 aliphatic carbocycles. The lowest BCUT2D eigenvalue weighted by Gasteiger charge is -2.15. The second kappa shape index (κ2) is 7.41. The molecule has 0 bridgehead atoms. The first-order valence-corrected chi connectivity index (χ1v) is 8.52. The molecule has 1 N–H and O–H groups in total. The first-order valence-electron chi connectivity index (χ1n) is 8.52. The number of carbonyl (C=O) groups is 1. The fraction of sp³-hybridized carbons (Fsp3) is 0.200. The number of amides is 1. The number of aromatic nitrogens is 1. The zero-order valence-electron chi connectivity index (χ0n) is 14.7. The van der Waals surface area contributed by atoms with Gasteiger partial charge in [0.1, 0.15) is 11.4 Å².